The number of halogens is 1. The molecule has 2 rings (SSSR count). The number of pyridine rings is 1. The highest BCUT2D eigenvalue weighted by Gasteiger charge is 2.15. The van der Waals surface area contributed by atoms with Gasteiger partial charge in [0.15, 0.2) is 0 Å². The molecule has 106 valence electrons. The van der Waals surface area contributed by atoms with E-state index in [2.05, 4.69) is 4.98 Å². The fourth-order valence-corrected chi connectivity index (χ4v) is 2.25. The van der Waals surface area contributed by atoms with Gasteiger partial charge in [-0.05, 0) is 30.8 Å². The number of carbonyl (C=O) groups is 1. The van der Waals surface area contributed by atoms with E-state index in [4.69, 9.17) is 5.11 Å². The summed E-state index contributed by atoms with van der Waals surface area (Å²) >= 11 is 0. The van der Waals surface area contributed by atoms with Crippen molar-refractivity contribution in [2.75, 3.05) is 13.6 Å². The molecule has 20 heavy (non-hydrogen) atoms. The average Bonchev–Trinajstić information content (AvgIpc) is 2.38. The van der Waals surface area contributed by atoms with E-state index in [1.165, 1.54) is 12.1 Å². The van der Waals surface area contributed by atoms with Crippen LogP contribution in [-0.2, 0) is 11.3 Å². The van der Waals surface area contributed by atoms with Gasteiger partial charge < -0.3 is 10.0 Å². The van der Waals surface area contributed by atoms with Crippen LogP contribution in [0.15, 0.2) is 30.5 Å². The molecule has 0 aliphatic carbocycles. The van der Waals surface area contributed by atoms with E-state index in [1.54, 1.807) is 19.2 Å². The second-order valence-corrected chi connectivity index (χ2v) is 5.08. The van der Waals surface area contributed by atoms with Crippen LogP contribution in [0.3, 0.4) is 0 Å². The van der Waals surface area contributed by atoms with Crippen molar-refractivity contribution >= 4 is 16.9 Å². The molecule has 1 atom stereocenters. The Hall–Kier alpha value is -2.01. The second kappa shape index (κ2) is 5.96. The Morgan fingerprint density at radius 2 is 2.25 bits per heavy atom. The monoisotopic (exact) mass is 276 g/mol. The standard InChI is InChI=1S/C15H17FN2O2/c1-10(15(19)20)8-18(2)9-12-7-13(16)6-11-4-3-5-17-14(11)12/h3-7,10H,8-9H2,1-2H3,(H,19,20). The van der Waals surface area contributed by atoms with Crippen LogP contribution < -0.4 is 0 Å². The van der Waals surface area contributed by atoms with Crippen molar-refractivity contribution in [3.8, 4) is 0 Å². The summed E-state index contributed by atoms with van der Waals surface area (Å²) in [6.07, 6.45) is 1.67. The molecule has 1 heterocycles. The molecule has 0 radical (unpaired) electrons. The molecule has 4 nitrogen and oxygen atoms in total. The Morgan fingerprint density at radius 3 is 2.95 bits per heavy atom. The minimum atomic E-state index is -0.834. The summed E-state index contributed by atoms with van der Waals surface area (Å²) in [5.41, 5.74) is 1.52. The first-order valence-corrected chi connectivity index (χ1v) is 6.42. The van der Waals surface area contributed by atoms with Crippen LogP contribution in [0.1, 0.15) is 12.5 Å². The molecule has 0 fully saturated rings. The number of carboxylic acids is 1. The Balaban J connectivity index is 2.23. The molecule has 2 aromatic rings. The predicted molar refractivity (Wildman–Crippen MR) is 74.8 cm³/mol. The van der Waals surface area contributed by atoms with Crippen LogP contribution in [0, 0.1) is 11.7 Å². The highest BCUT2D eigenvalue weighted by atomic mass is 19.1. The van der Waals surface area contributed by atoms with Crippen molar-refractivity contribution in [1.29, 1.82) is 0 Å². The summed E-state index contributed by atoms with van der Waals surface area (Å²) < 4.78 is 13.6. The van der Waals surface area contributed by atoms with Crippen LogP contribution in [-0.4, -0.2) is 34.6 Å². The van der Waals surface area contributed by atoms with E-state index in [0.29, 0.717) is 13.1 Å². The Kier molecular flexibility index (Phi) is 4.29. The highest BCUT2D eigenvalue weighted by Crippen LogP contribution is 2.19. The molecule has 1 aromatic heterocycles. The van der Waals surface area contributed by atoms with Gasteiger partial charge in [-0.25, -0.2) is 4.39 Å². The molecule has 1 unspecified atom stereocenters. The van der Waals surface area contributed by atoms with Gasteiger partial charge in [-0.15, -0.1) is 0 Å². The zero-order valence-electron chi connectivity index (χ0n) is 11.5. The van der Waals surface area contributed by atoms with E-state index in [0.717, 1.165) is 16.5 Å². The van der Waals surface area contributed by atoms with E-state index >= 15 is 0 Å². The molecule has 0 aliphatic heterocycles. The maximum atomic E-state index is 13.6. The summed E-state index contributed by atoms with van der Waals surface area (Å²) in [5.74, 6) is -1.60. The first-order chi connectivity index (χ1) is 9.47. The quantitative estimate of drug-likeness (QED) is 0.911. The fourth-order valence-electron chi connectivity index (χ4n) is 2.25. The van der Waals surface area contributed by atoms with Gasteiger partial charge in [0.05, 0.1) is 11.4 Å². The van der Waals surface area contributed by atoms with Gasteiger partial charge in [0.1, 0.15) is 5.82 Å². The van der Waals surface area contributed by atoms with Crippen molar-refractivity contribution < 1.29 is 14.3 Å². The van der Waals surface area contributed by atoms with Crippen molar-refractivity contribution in [2.24, 2.45) is 5.92 Å². The van der Waals surface area contributed by atoms with E-state index in [1.807, 2.05) is 18.0 Å². The van der Waals surface area contributed by atoms with Gasteiger partial charge in [-0.1, -0.05) is 13.0 Å². The molecule has 0 saturated heterocycles. The Morgan fingerprint density at radius 1 is 1.50 bits per heavy atom. The largest absolute Gasteiger partial charge is 0.481 e. The molecular formula is C15H17FN2O2. The molecular weight excluding hydrogens is 259 g/mol. The molecule has 5 heteroatoms. The maximum absolute atomic E-state index is 13.6. The average molecular weight is 276 g/mol. The molecule has 0 aliphatic rings. The fraction of sp³-hybridized carbons (Fsp3) is 0.333. The second-order valence-electron chi connectivity index (χ2n) is 5.08. The van der Waals surface area contributed by atoms with E-state index in [9.17, 15) is 9.18 Å². The zero-order valence-corrected chi connectivity index (χ0v) is 11.5. The summed E-state index contributed by atoms with van der Waals surface area (Å²) in [6, 6.07) is 6.49. The van der Waals surface area contributed by atoms with E-state index in [-0.39, 0.29) is 5.82 Å². The third-order valence-electron chi connectivity index (χ3n) is 3.20. The zero-order chi connectivity index (χ0) is 14.7. The number of aliphatic carboxylic acids is 1. The van der Waals surface area contributed by atoms with Crippen LogP contribution in [0.5, 0.6) is 0 Å². The lowest BCUT2D eigenvalue weighted by Gasteiger charge is -2.19. The Labute approximate surface area is 116 Å². The van der Waals surface area contributed by atoms with Crippen molar-refractivity contribution in [3.05, 3.63) is 41.8 Å². The van der Waals surface area contributed by atoms with E-state index < -0.39 is 11.9 Å². The normalized spacial score (nSPS) is 12.8. The van der Waals surface area contributed by atoms with Crippen molar-refractivity contribution in [3.63, 3.8) is 0 Å². The Bertz CT molecular complexity index is 630. The van der Waals surface area contributed by atoms with Crippen LogP contribution in [0.25, 0.3) is 10.9 Å². The lowest BCUT2D eigenvalue weighted by Crippen LogP contribution is -2.28. The number of aromatic nitrogens is 1. The predicted octanol–water partition coefficient (Wildman–Crippen LogP) is 2.53. The summed E-state index contributed by atoms with van der Waals surface area (Å²) in [4.78, 5) is 17.0. The van der Waals surface area contributed by atoms with Gasteiger partial charge >= 0.3 is 5.97 Å². The lowest BCUT2D eigenvalue weighted by atomic mass is 10.1. The molecule has 1 N–H and O–H groups in total. The number of fused-ring (bicyclic) bond motifs is 1. The minimum Gasteiger partial charge on any atom is -0.481 e. The number of nitrogens with zero attached hydrogens (tertiary/aromatic N) is 2. The van der Waals surface area contributed by atoms with Crippen LogP contribution >= 0.6 is 0 Å². The van der Waals surface area contributed by atoms with Gasteiger partial charge in [-0.2, -0.15) is 0 Å². The van der Waals surface area contributed by atoms with Crippen LogP contribution in [0.4, 0.5) is 4.39 Å². The summed E-state index contributed by atoms with van der Waals surface area (Å²) in [7, 11) is 1.82. The first-order valence-electron chi connectivity index (χ1n) is 6.42. The molecule has 0 amide bonds. The van der Waals surface area contributed by atoms with Gasteiger partial charge in [0, 0.05) is 24.7 Å². The number of benzene rings is 1. The number of hydrogen-bond donors (Lipinski definition) is 1. The number of carboxylic acid groups (broad SMARTS) is 1. The van der Waals surface area contributed by atoms with Crippen LogP contribution in [0.2, 0.25) is 0 Å². The topological polar surface area (TPSA) is 53.4 Å². The third-order valence-corrected chi connectivity index (χ3v) is 3.20. The van der Waals surface area contributed by atoms with Gasteiger partial charge in [0.25, 0.3) is 0 Å². The lowest BCUT2D eigenvalue weighted by molar-refractivity contribution is -0.141. The minimum absolute atomic E-state index is 0.305. The SMILES string of the molecule is CC(CN(C)Cc1cc(F)cc2cccnc12)C(=O)O. The van der Waals surface area contributed by atoms with Crippen molar-refractivity contribution in [1.82, 2.24) is 9.88 Å². The number of rotatable bonds is 5. The van der Waals surface area contributed by atoms with Gasteiger partial charge in [-0.3, -0.25) is 9.78 Å². The summed E-state index contributed by atoms with van der Waals surface area (Å²) in [6.45, 7) is 2.52. The molecule has 0 saturated carbocycles. The third kappa shape index (κ3) is 3.30. The highest BCUT2D eigenvalue weighted by molar-refractivity contribution is 5.81. The first kappa shape index (κ1) is 14.4. The smallest absolute Gasteiger partial charge is 0.307 e. The molecule has 0 bridgehead atoms. The van der Waals surface area contributed by atoms with Gasteiger partial charge in [0.2, 0.25) is 0 Å². The molecule has 1 aromatic carbocycles. The van der Waals surface area contributed by atoms with Crippen molar-refractivity contribution in [2.45, 2.75) is 13.5 Å². The maximum Gasteiger partial charge on any atom is 0.307 e. The summed E-state index contributed by atoms with van der Waals surface area (Å²) in [5, 5.41) is 9.67. The number of hydrogen-bond acceptors (Lipinski definition) is 3. The molecule has 0 spiro atoms.